The molecule has 7 aromatic carbocycles. The van der Waals surface area contributed by atoms with Crippen molar-refractivity contribution in [2.45, 2.75) is 13.3 Å². The first-order valence-electron chi connectivity index (χ1n) is 16.3. The summed E-state index contributed by atoms with van der Waals surface area (Å²) < 4.78 is 8.10. The van der Waals surface area contributed by atoms with Gasteiger partial charge < -0.3 is 4.42 Å². The van der Waals surface area contributed by atoms with Crippen molar-refractivity contribution >= 4 is 65.5 Å². The second-order valence-corrected chi connectivity index (χ2v) is 13.4. The van der Waals surface area contributed by atoms with Crippen LogP contribution in [0.25, 0.3) is 65.1 Å². The maximum Gasteiger partial charge on any atom is 0.145 e. The van der Waals surface area contributed by atoms with Crippen molar-refractivity contribution in [1.29, 1.82) is 0 Å². The Morgan fingerprint density at radius 3 is 2.17 bits per heavy atom. The van der Waals surface area contributed by atoms with Crippen LogP contribution in [0.5, 0.6) is 0 Å². The molecule has 9 rings (SSSR count). The van der Waals surface area contributed by atoms with E-state index in [0.29, 0.717) is 0 Å². The van der Waals surface area contributed by atoms with Gasteiger partial charge in [-0.1, -0.05) is 133 Å². The maximum atomic E-state index is 6.84. The SMILES string of the molecule is C/C(=N\c1c(Cc2ccccc2)sc2ccccc12)c1ccc(-c2cccc(-c3ccccc3)c2)c2c1oc1ccc3ccccc3c12. The van der Waals surface area contributed by atoms with E-state index in [0.717, 1.165) is 56.4 Å². The van der Waals surface area contributed by atoms with Crippen molar-refractivity contribution < 1.29 is 4.42 Å². The van der Waals surface area contributed by atoms with Gasteiger partial charge in [0.1, 0.15) is 11.2 Å². The zero-order chi connectivity index (χ0) is 32.0. The van der Waals surface area contributed by atoms with Gasteiger partial charge in [-0.2, -0.15) is 0 Å². The molecule has 0 unspecified atom stereocenters. The number of fused-ring (bicyclic) bond motifs is 6. The van der Waals surface area contributed by atoms with Crippen LogP contribution in [0.15, 0.2) is 167 Å². The van der Waals surface area contributed by atoms with E-state index in [9.17, 15) is 0 Å². The Hall–Kier alpha value is -5.77. The van der Waals surface area contributed by atoms with Crippen LogP contribution >= 0.6 is 11.3 Å². The van der Waals surface area contributed by atoms with Crippen LogP contribution in [-0.2, 0) is 6.42 Å². The number of furan rings is 1. The molecule has 0 saturated carbocycles. The fraction of sp³-hybridized carbons (Fsp3) is 0.0444. The average molecular weight is 634 g/mol. The minimum absolute atomic E-state index is 0.842. The van der Waals surface area contributed by atoms with Gasteiger partial charge in [0.25, 0.3) is 0 Å². The quantitative estimate of drug-likeness (QED) is 0.167. The topological polar surface area (TPSA) is 25.5 Å². The Kier molecular flexibility index (Phi) is 6.99. The zero-order valence-electron chi connectivity index (χ0n) is 26.5. The first-order chi connectivity index (χ1) is 23.7. The molecule has 0 fully saturated rings. The molecule has 0 radical (unpaired) electrons. The van der Waals surface area contributed by atoms with Crippen LogP contribution in [0.4, 0.5) is 5.69 Å². The molecule has 0 aliphatic rings. The Labute approximate surface area is 283 Å². The number of benzene rings is 7. The largest absolute Gasteiger partial charge is 0.455 e. The lowest BCUT2D eigenvalue weighted by atomic mass is 9.92. The molecule has 48 heavy (non-hydrogen) atoms. The molecule has 3 heteroatoms. The molecule has 2 aromatic heterocycles. The van der Waals surface area contributed by atoms with Gasteiger partial charge in [0.2, 0.25) is 0 Å². The number of nitrogens with zero attached hydrogens (tertiary/aromatic N) is 1. The van der Waals surface area contributed by atoms with Crippen molar-refractivity contribution in [1.82, 2.24) is 0 Å². The standard InChI is InChI=1S/C45H31NOS/c1-29(46-44-38-21-10-11-22-40(38)48-41(44)27-30-13-4-2-5-14-30)35-24-25-37(34-19-12-18-33(28-34)31-15-6-3-7-16-31)43-42-36-20-9-8-17-32(36)23-26-39(42)47-45(35)43/h2-26,28H,27H2,1H3/b46-29+. The third kappa shape index (κ3) is 4.92. The summed E-state index contributed by atoms with van der Waals surface area (Å²) in [7, 11) is 0. The predicted octanol–water partition coefficient (Wildman–Crippen LogP) is 13.0. The first kappa shape index (κ1) is 28.5. The number of hydrogen-bond acceptors (Lipinski definition) is 3. The van der Waals surface area contributed by atoms with Crippen molar-refractivity contribution in [3.8, 4) is 22.3 Å². The second kappa shape index (κ2) is 11.8. The first-order valence-corrected chi connectivity index (χ1v) is 17.2. The van der Waals surface area contributed by atoms with E-state index < -0.39 is 0 Å². The van der Waals surface area contributed by atoms with Crippen molar-refractivity contribution in [3.05, 3.63) is 174 Å². The second-order valence-electron chi connectivity index (χ2n) is 12.3. The Morgan fingerprint density at radius 1 is 0.604 bits per heavy atom. The normalized spacial score (nSPS) is 12.1. The molecule has 9 aromatic rings. The van der Waals surface area contributed by atoms with Crippen LogP contribution in [0.2, 0.25) is 0 Å². The third-order valence-electron chi connectivity index (χ3n) is 9.31. The van der Waals surface area contributed by atoms with Gasteiger partial charge in [-0.05, 0) is 69.8 Å². The molecule has 0 aliphatic heterocycles. The van der Waals surface area contributed by atoms with Crippen LogP contribution < -0.4 is 0 Å². The molecule has 0 amide bonds. The highest BCUT2D eigenvalue weighted by molar-refractivity contribution is 7.19. The van der Waals surface area contributed by atoms with Gasteiger partial charge in [-0.25, -0.2) is 0 Å². The summed E-state index contributed by atoms with van der Waals surface area (Å²) in [6.45, 7) is 2.12. The predicted molar refractivity (Wildman–Crippen MR) is 205 cm³/mol. The summed E-state index contributed by atoms with van der Waals surface area (Å²) in [5, 5.41) is 5.84. The molecule has 0 aliphatic carbocycles. The lowest BCUT2D eigenvalue weighted by molar-refractivity contribution is 0.668. The number of hydrogen-bond donors (Lipinski definition) is 0. The number of aliphatic imine (C=N–C) groups is 1. The molecule has 228 valence electrons. The van der Waals surface area contributed by atoms with Crippen LogP contribution in [0.1, 0.15) is 22.9 Å². The van der Waals surface area contributed by atoms with Gasteiger partial charge in [0, 0.05) is 43.4 Å². The molecule has 0 bridgehead atoms. The van der Waals surface area contributed by atoms with E-state index in [2.05, 4.69) is 165 Å². The monoisotopic (exact) mass is 633 g/mol. The highest BCUT2D eigenvalue weighted by Gasteiger charge is 2.21. The smallest absolute Gasteiger partial charge is 0.145 e. The van der Waals surface area contributed by atoms with E-state index in [4.69, 9.17) is 9.41 Å². The maximum absolute atomic E-state index is 6.84. The highest BCUT2D eigenvalue weighted by atomic mass is 32.1. The summed E-state index contributed by atoms with van der Waals surface area (Å²) in [5.74, 6) is 0. The molecule has 0 saturated heterocycles. The molecule has 2 nitrogen and oxygen atoms in total. The van der Waals surface area contributed by atoms with Crippen molar-refractivity contribution in [3.63, 3.8) is 0 Å². The van der Waals surface area contributed by atoms with E-state index in [-0.39, 0.29) is 0 Å². The van der Waals surface area contributed by atoms with Crippen molar-refractivity contribution in [2.24, 2.45) is 4.99 Å². The summed E-state index contributed by atoms with van der Waals surface area (Å²) in [6, 6.07) is 56.0. The van der Waals surface area contributed by atoms with Gasteiger partial charge in [0.15, 0.2) is 0 Å². The third-order valence-corrected chi connectivity index (χ3v) is 10.5. The van der Waals surface area contributed by atoms with E-state index >= 15 is 0 Å². The fourth-order valence-corrected chi connectivity index (χ4v) is 8.18. The Morgan fingerprint density at radius 2 is 1.31 bits per heavy atom. The molecule has 0 spiro atoms. The van der Waals surface area contributed by atoms with Crippen LogP contribution in [-0.4, -0.2) is 5.71 Å². The van der Waals surface area contributed by atoms with Crippen LogP contribution in [0.3, 0.4) is 0 Å². The molecular weight excluding hydrogens is 603 g/mol. The lowest BCUT2D eigenvalue weighted by Gasteiger charge is -2.11. The molecule has 2 heterocycles. The lowest BCUT2D eigenvalue weighted by Crippen LogP contribution is -1.96. The van der Waals surface area contributed by atoms with E-state index in [1.54, 1.807) is 0 Å². The van der Waals surface area contributed by atoms with Crippen molar-refractivity contribution in [2.75, 3.05) is 0 Å². The van der Waals surface area contributed by atoms with Gasteiger partial charge in [-0.15, -0.1) is 11.3 Å². The van der Waals surface area contributed by atoms with Gasteiger partial charge in [-0.3, -0.25) is 4.99 Å². The van der Waals surface area contributed by atoms with E-state index in [1.165, 1.54) is 42.4 Å². The minimum Gasteiger partial charge on any atom is -0.455 e. The summed E-state index contributed by atoms with van der Waals surface area (Å²) >= 11 is 1.83. The molecule has 0 atom stereocenters. The minimum atomic E-state index is 0.842. The molecular formula is C45H31NOS. The summed E-state index contributed by atoms with van der Waals surface area (Å²) in [5.41, 5.74) is 10.7. The fourth-order valence-electron chi connectivity index (χ4n) is 7.00. The number of rotatable bonds is 6. The highest BCUT2D eigenvalue weighted by Crippen LogP contribution is 2.44. The number of thiophene rings is 1. The van der Waals surface area contributed by atoms with Gasteiger partial charge in [0.05, 0.1) is 5.69 Å². The zero-order valence-corrected chi connectivity index (χ0v) is 27.3. The summed E-state index contributed by atoms with van der Waals surface area (Å²) in [4.78, 5) is 6.69. The van der Waals surface area contributed by atoms with Crippen LogP contribution in [0, 0.1) is 0 Å². The van der Waals surface area contributed by atoms with E-state index in [1.807, 2.05) is 11.3 Å². The molecule has 0 N–H and O–H groups in total. The van der Waals surface area contributed by atoms with Gasteiger partial charge >= 0.3 is 0 Å². The average Bonchev–Trinajstić information content (AvgIpc) is 3.70. The summed E-state index contributed by atoms with van der Waals surface area (Å²) in [6.07, 6.45) is 0.842. The Bertz CT molecular complexity index is 2640. The Balaban J connectivity index is 1.28.